The predicted octanol–water partition coefficient (Wildman–Crippen LogP) is 4.19. The Bertz CT molecular complexity index is 698. The summed E-state index contributed by atoms with van der Waals surface area (Å²) in [5.74, 6) is -0.880. The first-order chi connectivity index (χ1) is 11.4. The van der Waals surface area contributed by atoms with Crippen molar-refractivity contribution in [1.29, 1.82) is 0 Å². The largest absolute Gasteiger partial charge is 0.481 e. The van der Waals surface area contributed by atoms with Gasteiger partial charge < -0.3 is 5.11 Å². The van der Waals surface area contributed by atoms with E-state index in [1.54, 1.807) is 11.3 Å². The summed E-state index contributed by atoms with van der Waals surface area (Å²) in [6.45, 7) is 7.13. The zero-order chi connectivity index (χ0) is 17.3. The summed E-state index contributed by atoms with van der Waals surface area (Å²) in [6.07, 6.45) is 1.44. The molecule has 2 heterocycles. The molecule has 1 aliphatic heterocycles. The third kappa shape index (κ3) is 3.68. The van der Waals surface area contributed by atoms with Crippen LogP contribution in [0, 0.1) is 12.8 Å². The molecule has 24 heavy (non-hydrogen) atoms. The summed E-state index contributed by atoms with van der Waals surface area (Å²) in [5, 5.41) is 12.5. The van der Waals surface area contributed by atoms with E-state index in [4.69, 9.17) is 4.98 Å². The van der Waals surface area contributed by atoms with Gasteiger partial charge in [-0.05, 0) is 33.6 Å². The summed E-state index contributed by atoms with van der Waals surface area (Å²) >= 11 is 1.68. The van der Waals surface area contributed by atoms with Crippen molar-refractivity contribution in [1.82, 2.24) is 9.88 Å². The van der Waals surface area contributed by atoms with E-state index in [1.807, 2.05) is 0 Å². The van der Waals surface area contributed by atoms with Gasteiger partial charge in [0.25, 0.3) is 0 Å². The van der Waals surface area contributed by atoms with Crippen molar-refractivity contribution in [3.63, 3.8) is 0 Å². The summed E-state index contributed by atoms with van der Waals surface area (Å²) in [7, 11) is 0. The number of aliphatic carboxylic acids is 1. The average Bonchev–Trinajstić information content (AvgIpc) is 3.00. The number of hydrogen-bond donors (Lipinski definition) is 1. The van der Waals surface area contributed by atoms with Crippen molar-refractivity contribution in [3.8, 4) is 11.3 Å². The number of aromatic nitrogens is 1. The van der Waals surface area contributed by atoms with Gasteiger partial charge in [-0.3, -0.25) is 9.69 Å². The van der Waals surface area contributed by atoms with Crippen LogP contribution in [0.3, 0.4) is 0 Å². The van der Waals surface area contributed by atoms with E-state index in [9.17, 15) is 9.90 Å². The van der Waals surface area contributed by atoms with Crippen LogP contribution in [0.1, 0.15) is 37.3 Å². The molecule has 0 spiro atoms. The average molecular weight is 344 g/mol. The SMILES string of the molecule is Cc1ccc(-c2csc(CN3C(C)CC(C(=O)O)CC3C)n2)cc1. The van der Waals surface area contributed by atoms with Gasteiger partial charge in [-0.25, -0.2) is 4.98 Å². The quantitative estimate of drug-likeness (QED) is 0.903. The number of hydrogen-bond acceptors (Lipinski definition) is 4. The summed E-state index contributed by atoms with van der Waals surface area (Å²) < 4.78 is 0. The normalized spacial score (nSPS) is 24.9. The lowest BCUT2D eigenvalue weighted by Crippen LogP contribution is -2.47. The minimum Gasteiger partial charge on any atom is -0.481 e. The molecule has 3 rings (SSSR count). The summed E-state index contributed by atoms with van der Waals surface area (Å²) in [4.78, 5) is 18.4. The molecule has 2 aromatic rings. The zero-order valence-electron chi connectivity index (χ0n) is 14.4. The second-order valence-electron chi connectivity index (χ2n) is 6.87. The van der Waals surface area contributed by atoms with Gasteiger partial charge in [0, 0.05) is 23.0 Å². The van der Waals surface area contributed by atoms with Gasteiger partial charge in [0.2, 0.25) is 0 Å². The van der Waals surface area contributed by atoms with Crippen LogP contribution in [0.15, 0.2) is 29.6 Å². The molecule has 0 aliphatic carbocycles. The maximum absolute atomic E-state index is 11.3. The molecule has 0 radical (unpaired) electrons. The van der Waals surface area contributed by atoms with Crippen LogP contribution in [-0.2, 0) is 11.3 Å². The Morgan fingerprint density at radius 1 is 1.25 bits per heavy atom. The highest BCUT2D eigenvalue weighted by molar-refractivity contribution is 7.09. The molecule has 1 aliphatic rings. The number of aryl methyl sites for hydroxylation is 1. The van der Waals surface area contributed by atoms with Crippen LogP contribution < -0.4 is 0 Å². The third-order valence-electron chi connectivity index (χ3n) is 4.95. The Hall–Kier alpha value is -1.72. The first kappa shape index (κ1) is 17.1. The van der Waals surface area contributed by atoms with Crippen molar-refractivity contribution < 1.29 is 9.90 Å². The molecular weight excluding hydrogens is 320 g/mol. The van der Waals surface area contributed by atoms with Gasteiger partial charge in [-0.1, -0.05) is 29.8 Å². The molecule has 128 valence electrons. The van der Waals surface area contributed by atoms with E-state index in [0.717, 1.165) is 35.7 Å². The van der Waals surface area contributed by atoms with Crippen LogP contribution in [0.2, 0.25) is 0 Å². The molecule has 1 N–H and O–H groups in total. The van der Waals surface area contributed by atoms with E-state index in [-0.39, 0.29) is 18.0 Å². The number of piperidine rings is 1. The van der Waals surface area contributed by atoms with Crippen molar-refractivity contribution in [3.05, 3.63) is 40.2 Å². The Morgan fingerprint density at radius 3 is 2.46 bits per heavy atom. The molecule has 2 atom stereocenters. The van der Waals surface area contributed by atoms with E-state index in [0.29, 0.717) is 0 Å². The highest BCUT2D eigenvalue weighted by Crippen LogP contribution is 2.31. The molecule has 0 bridgehead atoms. The molecule has 2 unspecified atom stereocenters. The minimum atomic E-state index is -0.663. The van der Waals surface area contributed by atoms with E-state index < -0.39 is 5.97 Å². The molecule has 1 aromatic heterocycles. The number of carboxylic acid groups (broad SMARTS) is 1. The summed E-state index contributed by atoms with van der Waals surface area (Å²) in [6, 6.07) is 8.96. The Kier molecular flexibility index (Phi) is 5.01. The van der Waals surface area contributed by atoms with Gasteiger partial charge in [-0.15, -0.1) is 11.3 Å². The monoisotopic (exact) mass is 344 g/mol. The Labute approximate surface area is 147 Å². The van der Waals surface area contributed by atoms with Crippen molar-refractivity contribution in [2.45, 2.75) is 52.2 Å². The second kappa shape index (κ2) is 7.03. The standard InChI is InChI=1S/C19H24N2O2S/c1-12-4-6-15(7-5-12)17-11-24-18(20-17)10-21-13(2)8-16(19(22)23)9-14(21)3/h4-7,11,13-14,16H,8-10H2,1-3H3,(H,22,23). The van der Waals surface area contributed by atoms with Crippen LogP contribution in [0.4, 0.5) is 0 Å². The Morgan fingerprint density at radius 2 is 1.88 bits per heavy atom. The zero-order valence-corrected chi connectivity index (χ0v) is 15.2. The number of benzene rings is 1. The smallest absolute Gasteiger partial charge is 0.306 e. The first-order valence-corrected chi connectivity index (χ1v) is 9.32. The predicted molar refractivity (Wildman–Crippen MR) is 97.1 cm³/mol. The molecule has 0 saturated carbocycles. The fraction of sp³-hybridized carbons (Fsp3) is 0.474. The lowest BCUT2D eigenvalue weighted by Gasteiger charge is -2.41. The number of carbonyl (C=O) groups is 1. The molecule has 1 saturated heterocycles. The van der Waals surface area contributed by atoms with E-state index in [2.05, 4.69) is 55.3 Å². The van der Waals surface area contributed by atoms with Crippen molar-refractivity contribution in [2.75, 3.05) is 0 Å². The second-order valence-corrected chi connectivity index (χ2v) is 7.81. The molecule has 1 fully saturated rings. The van der Waals surface area contributed by atoms with Gasteiger partial charge >= 0.3 is 5.97 Å². The number of carboxylic acids is 1. The fourth-order valence-corrected chi connectivity index (χ4v) is 4.35. The first-order valence-electron chi connectivity index (χ1n) is 8.44. The summed E-state index contributed by atoms with van der Waals surface area (Å²) in [5.41, 5.74) is 3.42. The van der Waals surface area contributed by atoms with Crippen LogP contribution in [-0.4, -0.2) is 33.0 Å². The van der Waals surface area contributed by atoms with Gasteiger partial charge in [0.05, 0.1) is 18.2 Å². The van der Waals surface area contributed by atoms with E-state index >= 15 is 0 Å². The van der Waals surface area contributed by atoms with Crippen LogP contribution >= 0.6 is 11.3 Å². The lowest BCUT2D eigenvalue weighted by molar-refractivity contribution is -0.145. The Balaban J connectivity index is 1.70. The maximum atomic E-state index is 11.3. The number of rotatable bonds is 4. The maximum Gasteiger partial charge on any atom is 0.306 e. The van der Waals surface area contributed by atoms with Crippen LogP contribution in [0.5, 0.6) is 0 Å². The highest BCUT2D eigenvalue weighted by Gasteiger charge is 2.34. The third-order valence-corrected chi connectivity index (χ3v) is 5.78. The number of likely N-dealkylation sites (tertiary alicyclic amines) is 1. The van der Waals surface area contributed by atoms with E-state index in [1.165, 1.54) is 5.56 Å². The van der Waals surface area contributed by atoms with Gasteiger partial charge in [-0.2, -0.15) is 0 Å². The minimum absolute atomic E-state index is 0.217. The van der Waals surface area contributed by atoms with Crippen molar-refractivity contribution >= 4 is 17.3 Å². The lowest BCUT2D eigenvalue weighted by atomic mass is 9.87. The van der Waals surface area contributed by atoms with Crippen LogP contribution in [0.25, 0.3) is 11.3 Å². The molecule has 1 aromatic carbocycles. The molecule has 0 amide bonds. The van der Waals surface area contributed by atoms with Gasteiger partial charge in [0.15, 0.2) is 0 Å². The van der Waals surface area contributed by atoms with Crippen molar-refractivity contribution in [2.24, 2.45) is 5.92 Å². The number of thiazole rings is 1. The topological polar surface area (TPSA) is 53.4 Å². The van der Waals surface area contributed by atoms with Gasteiger partial charge in [0.1, 0.15) is 5.01 Å². The fourth-order valence-electron chi connectivity index (χ4n) is 3.53. The molecule has 5 heteroatoms. The molecule has 4 nitrogen and oxygen atoms in total. The highest BCUT2D eigenvalue weighted by atomic mass is 32.1. The number of nitrogens with zero attached hydrogens (tertiary/aromatic N) is 2. The molecular formula is C19H24N2O2S.